The quantitative estimate of drug-likeness (QED) is 0.589. The van der Waals surface area contributed by atoms with Crippen LogP contribution in [0.5, 0.6) is 0 Å². The van der Waals surface area contributed by atoms with Crippen LogP contribution in [-0.2, 0) is 6.18 Å². The van der Waals surface area contributed by atoms with E-state index in [1.807, 2.05) is 19.9 Å². The summed E-state index contributed by atoms with van der Waals surface area (Å²) in [5.74, 6) is 0. The Kier molecular flexibility index (Phi) is 4.81. The van der Waals surface area contributed by atoms with Crippen LogP contribution in [0.4, 0.5) is 18.2 Å². The number of nitrogen functional groups attached to an aromatic ring is 1. The molecular weight excluding hydrogens is 335 g/mol. The Morgan fingerprint density at radius 1 is 1.21 bits per heavy atom. The Hall–Kier alpha value is -2.20. The van der Waals surface area contributed by atoms with Crippen LogP contribution in [0.3, 0.4) is 0 Å². The lowest BCUT2D eigenvalue weighted by molar-refractivity contribution is -0.136. The number of nitrogens with zero attached hydrogens (tertiary/aromatic N) is 2. The van der Waals surface area contributed by atoms with Crippen molar-refractivity contribution in [1.82, 2.24) is 4.57 Å². The Balaban J connectivity index is 0.00000100. The normalized spacial score (nSPS) is 11.6. The molecule has 2 heterocycles. The summed E-state index contributed by atoms with van der Waals surface area (Å²) in [6.45, 7) is 7.59. The van der Waals surface area contributed by atoms with Gasteiger partial charge in [-0.25, -0.2) is 0 Å². The van der Waals surface area contributed by atoms with Crippen LogP contribution in [0.2, 0.25) is 0 Å². The molecular formula is C17H18F3N3S. The van der Waals surface area contributed by atoms with Gasteiger partial charge >= 0.3 is 6.18 Å². The second kappa shape index (κ2) is 6.36. The number of hydrogen-bond acceptors (Lipinski definition) is 3. The van der Waals surface area contributed by atoms with Crippen LogP contribution < -0.4 is 5.73 Å². The fraction of sp³-hybridized carbons (Fsp3) is 0.353. The first-order chi connectivity index (χ1) is 11.3. The third-order valence-corrected chi connectivity index (χ3v) is 4.65. The van der Waals surface area contributed by atoms with Crippen molar-refractivity contribution in [2.24, 2.45) is 0 Å². The SMILES string of the molecule is CC.CC(C)n1c2c(C(F)(F)F)cccc2c2sc(N)c(C#N)c21. The van der Waals surface area contributed by atoms with Crippen molar-refractivity contribution in [3.63, 3.8) is 0 Å². The summed E-state index contributed by atoms with van der Waals surface area (Å²) in [5.41, 5.74) is 6.02. The van der Waals surface area contributed by atoms with Crippen molar-refractivity contribution in [2.75, 3.05) is 5.73 Å². The van der Waals surface area contributed by atoms with Crippen LogP contribution in [0.1, 0.15) is 44.9 Å². The van der Waals surface area contributed by atoms with Crippen molar-refractivity contribution in [2.45, 2.75) is 39.9 Å². The molecule has 0 spiro atoms. The minimum atomic E-state index is -4.45. The van der Waals surface area contributed by atoms with Crippen molar-refractivity contribution in [3.05, 3.63) is 29.3 Å². The molecule has 1 aromatic carbocycles. The molecule has 0 saturated carbocycles. The number of para-hydroxylation sites is 1. The molecule has 2 aromatic heterocycles. The molecule has 0 fully saturated rings. The van der Waals surface area contributed by atoms with Gasteiger partial charge in [-0.1, -0.05) is 26.0 Å². The fourth-order valence-corrected chi connectivity index (χ4v) is 3.84. The molecule has 0 atom stereocenters. The number of hydrogen-bond donors (Lipinski definition) is 1. The number of thiophene rings is 1. The molecule has 0 aliphatic rings. The standard InChI is InChI=1S/C15H12F3N3S.C2H6/c1-7(2)21-11-8(4-3-5-10(11)15(16,17)18)13-12(21)9(6-19)14(20)22-13;1-2/h3-5,7H,20H2,1-2H3;1-2H3. The van der Waals surface area contributed by atoms with Crippen LogP contribution in [0, 0.1) is 11.3 Å². The molecule has 7 heteroatoms. The van der Waals surface area contributed by atoms with Gasteiger partial charge in [0.25, 0.3) is 0 Å². The highest BCUT2D eigenvalue weighted by molar-refractivity contribution is 7.24. The monoisotopic (exact) mass is 353 g/mol. The summed E-state index contributed by atoms with van der Waals surface area (Å²) in [6.07, 6.45) is -4.45. The molecule has 0 amide bonds. The predicted molar refractivity (Wildman–Crippen MR) is 93.2 cm³/mol. The fourth-order valence-electron chi connectivity index (χ4n) is 2.80. The third-order valence-electron chi connectivity index (χ3n) is 3.61. The summed E-state index contributed by atoms with van der Waals surface area (Å²) in [6, 6.07) is 5.88. The summed E-state index contributed by atoms with van der Waals surface area (Å²) >= 11 is 1.16. The van der Waals surface area contributed by atoms with Crippen LogP contribution in [0.25, 0.3) is 21.1 Å². The number of nitrogens with two attached hydrogens (primary N) is 1. The molecule has 128 valence electrons. The predicted octanol–water partition coefficient (Wildman–Crippen LogP) is 5.94. The first-order valence-corrected chi connectivity index (χ1v) is 8.41. The minimum absolute atomic E-state index is 0.114. The lowest BCUT2D eigenvalue weighted by Gasteiger charge is -2.16. The number of aromatic nitrogens is 1. The zero-order valence-electron chi connectivity index (χ0n) is 13.8. The van der Waals surface area contributed by atoms with Crippen molar-refractivity contribution in [1.29, 1.82) is 5.26 Å². The highest BCUT2D eigenvalue weighted by atomic mass is 32.1. The Morgan fingerprint density at radius 2 is 1.83 bits per heavy atom. The van der Waals surface area contributed by atoms with Crippen molar-refractivity contribution < 1.29 is 13.2 Å². The van der Waals surface area contributed by atoms with E-state index in [2.05, 4.69) is 0 Å². The van der Waals surface area contributed by atoms with Gasteiger partial charge in [-0.3, -0.25) is 0 Å². The second-order valence-electron chi connectivity index (χ2n) is 5.29. The summed E-state index contributed by atoms with van der Waals surface area (Å²) in [4.78, 5) is 0. The van der Waals surface area contributed by atoms with Gasteiger partial charge in [0.05, 0.1) is 21.3 Å². The molecule has 0 radical (unpaired) electrons. The summed E-state index contributed by atoms with van der Waals surface area (Å²) in [5, 5.41) is 10.1. The van der Waals surface area contributed by atoms with Gasteiger partial charge in [0, 0.05) is 11.4 Å². The maximum Gasteiger partial charge on any atom is 0.418 e. The number of benzene rings is 1. The Labute approximate surface area is 142 Å². The lowest BCUT2D eigenvalue weighted by atomic mass is 10.1. The molecule has 0 aliphatic carbocycles. The van der Waals surface area contributed by atoms with E-state index in [0.29, 0.717) is 20.6 Å². The van der Waals surface area contributed by atoms with Crippen molar-refractivity contribution in [3.8, 4) is 6.07 Å². The zero-order chi connectivity index (χ0) is 18.2. The van der Waals surface area contributed by atoms with E-state index in [9.17, 15) is 18.4 Å². The van der Waals surface area contributed by atoms with Crippen LogP contribution in [-0.4, -0.2) is 4.57 Å². The Morgan fingerprint density at radius 3 is 2.33 bits per heavy atom. The van der Waals surface area contributed by atoms with Gasteiger partial charge in [0.1, 0.15) is 16.6 Å². The topological polar surface area (TPSA) is 54.7 Å². The molecule has 0 aliphatic heterocycles. The minimum Gasteiger partial charge on any atom is -0.389 e. The number of rotatable bonds is 1. The average molecular weight is 353 g/mol. The number of nitriles is 1. The van der Waals surface area contributed by atoms with Gasteiger partial charge in [-0.2, -0.15) is 18.4 Å². The smallest absolute Gasteiger partial charge is 0.389 e. The summed E-state index contributed by atoms with van der Waals surface area (Å²) in [7, 11) is 0. The van der Waals surface area contributed by atoms with E-state index < -0.39 is 11.7 Å². The first kappa shape index (κ1) is 18.1. The lowest BCUT2D eigenvalue weighted by Crippen LogP contribution is -2.10. The molecule has 24 heavy (non-hydrogen) atoms. The maximum absolute atomic E-state index is 13.4. The van der Waals surface area contributed by atoms with Crippen LogP contribution >= 0.6 is 11.3 Å². The number of alkyl halides is 3. The number of anilines is 1. The largest absolute Gasteiger partial charge is 0.418 e. The molecule has 0 bridgehead atoms. The molecule has 0 saturated heterocycles. The van der Waals surface area contributed by atoms with E-state index in [-0.39, 0.29) is 17.1 Å². The highest BCUT2D eigenvalue weighted by Crippen LogP contribution is 2.45. The molecule has 0 unspecified atom stereocenters. The maximum atomic E-state index is 13.4. The number of fused-ring (bicyclic) bond motifs is 3. The van der Waals surface area contributed by atoms with E-state index in [1.165, 1.54) is 6.07 Å². The van der Waals surface area contributed by atoms with E-state index >= 15 is 0 Å². The molecule has 2 N–H and O–H groups in total. The van der Waals surface area contributed by atoms with Crippen LogP contribution in [0.15, 0.2) is 18.2 Å². The molecule has 3 aromatic rings. The first-order valence-electron chi connectivity index (χ1n) is 7.59. The second-order valence-corrected chi connectivity index (χ2v) is 6.35. The average Bonchev–Trinajstić information content (AvgIpc) is 3.00. The van der Waals surface area contributed by atoms with E-state index in [0.717, 1.165) is 17.4 Å². The molecule has 3 nitrogen and oxygen atoms in total. The van der Waals surface area contributed by atoms with Gasteiger partial charge < -0.3 is 10.3 Å². The summed E-state index contributed by atoms with van der Waals surface area (Å²) < 4.78 is 42.3. The van der Waals surface area contributed by atoms with Crippen molar-refractivity contribution >= 4 is 37.5 Å². The van der Waals surface area contributed by atoms with Gasteiger partial charge in [-0.15, -0.1) is 11.3 Å². The number of halogens is 3. The third kappa shape index (κ3) is 2.61. The van der Waals surface area contributed by atoms with E-state index in [4.69, 9.17) is 5.73 Å². The zero-order valence-corrected chi connectivity index (χ0v) is 14.6. The van der Waals surface area contributed by atoms with E-state index in [1.54, 1.807) is 24.5 Å². The Bertz CT molecular complexity index is 927. The van der Waals surface area contributed by atoms with Gasteiger partial charge in [0.2, 0.25) is 0 Å². The van der Waals surface area contributed by atoms with Gasteiger partial charge in [0.15, 0.2) is 0 Å². The van der Waals surface area contributed by atoms with Gasteiger partial charge in [-0.05, 0) is 19.9 Å². The molecule has 3 rings (SSSR count). The highest BCUT2D eigenvalue weighted by Gasteiger charge is 2.35.